The molecule has 1 aromatic carbocycles. The number of carbonyl (C=O) groups excluding carboxylic acids is 1. The van der Waals surface area contributed by atoms with Crippen LogP contribution in [0.15, 0.2) is 32.3 Å². The lowest BCUT2D eigenvalue weighted by Gasteiger charge is -2.24. The smallest absolute Gasteiger partial charge is 0.330 e. The number of ether oxygens (including phenoxy) is 1. The average Bonchev–Trinajstić information content (AvgIpc) is 2.71. The van der Waals surface area contributed by atoms with E-state index >= 15 is 0 Å². The highest BCUT2D eigenvalue weighted by Crippen LogP contribution is 2.26. The minimum Gasteiger partial charge on any atom is -0.483 e. The summed E-state index contributed by atoms with van der Waals surface area (Å²) in [4.78, 5) is 41.4. The molecule has 3 N–H and O–H groups in total. The van der Waals surface area contributed by atoms with Gasteiger partial charge in [0.2, 0.25) is 0 Å². The average molecular weight is 499 g/mol. The molecule has 2 rings (SSSR count). The van der Waals surface area contributed by atoms with Crippen molar-refractivity contribution in [2.24, 2.45) is 0 Å². The zero-order valence-corrected chi connectivity index (χ0v) is 19.3. The number of nitrogens with one attached hydrogen (secondary N) is 1. The Kier molecular flexibility index (Phi) is 9.29. The zero-order chi connectivity index (χ0) is 23.0. The number of nitrogen functional groups attached to an aromatic ring is 1. The van der Waals surface area contributed by atoms with Crippen molar-refractivity contribution in [2.75, 3.05) is 23.8 Å². The van der Waals surface area contributed by atoms with Crippen LogP contribution in [0.1, 0.15) is 46.0 Å². The van der Waals surface area contributed by atoms with Crippen LogP contribution in [0.5, 0.6) is 5.75 Å². The van der Waals surface area contributed by atoms with E-state index in [1.54, 1.807) is 0 Å². The number of carbonyl (C=O) groups is 1. The van der Waals surface area contributed by atoms with Crippen LogP contribution in [0.3, 0.4) is 0 Å². The second-order valence-corrected chi connectivity index (χ2v) is 7.97. The van der Waals surface area contributed by atoms with Gasteiger partial charge in [0, 0.05) is 13.1 Å². The first-order valence-electron chi connectivity index (χ1n) is 10.3. The van der Waals surface area contributed by atoms with Crippen LogP contribution in [-0.4, -0.2) is 28.6 Å². The first-order valence-corrected chi connectivity index (χ1v) is 11.1. The van der Waals surface area contributed by atoms with Crippen molar-refractivity contribution in [2.45, 2.75) is 52.5 Å². The van der Waals surface area contributed by atoms with Gasteiger partial charge in [0.05, 0.1) is 4.47 Å². The third kappa shape index (κ3) is 6.43. The van der Waals surface area contributed by atoms with Gasteiger partial charge in [0.15, 0.2) is 12.3 Å². The number of hydrogen-bond donors (Lipinski definition) is 2. The number of rotatable bonds is 11. The number of anilines is 2. The van der Waals surface area contributed by atoms with Gasteiger partial charge >= 0.3 is 5.69 Å². The summed E-state index contributed by atoms with van der Waals surface area (Å²) >= 11 is 3.19. The first-order chi connectivity index (χ1) is 14.8. The van der Waals surface area contributed by atoms with Crippen molar-refractivity contribution in [1.29, 1.82) is 0 Å². The summed E-state index contributed by atoms with van der Waals surface area (Å²) < 4.78 is 20.5. The van der Waals surface area contributed by atoms with Crippen LogP contribution in [0.4, 0.5) is 15.9 Å². The fraction of sp³-hybridized carbons (Fsp3) is 0.476. The minimum atomic E-state index is -0.719. The Morgan fingerprint density at radius 1 is 1.23 bits per heavy atom. The molecule has 0 saturated carbocycles. The molecule has 0 unspecified atom stereocenters. The number of amides is 1. The molecule has 10 heteroatoms. The van der Waals surface area contributed by atoms with Gasteiger partial charge in [-0.25, -0.2) is 9.18 Å². The highest BCUT2D eigenvalue weighted by atomic mass is 79.9. The topological polar surface area (TPSA) is 110 Å². The summed E-state index contributed by atoms with van der Waals surface area (Å²) in [6, 6.07) is 3.85. The molecule has 0 radical (unpaired) electrons. The Hall–Kier alpha value is -2.62. The molecule has 0 atom stereocenters. The minimum absolute atomic E-state index is 0.0463. The number of halogens is 2. The Bertz CT molecular complexity index is 1020. The number of nitrogens with two attached hydrogens (primary N) is 1. The summed E-state index contributed by atoms with van der Waals surface area (Å²) in [5.41, 5.74) is 4.80. The normalized spacial score (nSPS) is 10.8. The Balaban J connectivity index is 2.35. The van der Waals surface area contributed by atoms with E-state index in [0.29, 0.717) is 23.9 Å². The molecular formula is C21H28BrFN4O4. The molecule has 1 heterocycles. The molecule has 31 heavy (non-hydrogen) atoms. The van der Waals surface area contributed by atoms with E-state index in [2.05, 4.69) is 20.9 Å². The Morgan fingerprint density at radius 3 is 2.58 bits per heavy atom. The molecule has 0 saturated heterocycles. The monoisotopic (exact) mass is 498 g/mol. The van der Waals surface area contributed by atoms with Gasteiger partial charge in [-0.3, -0.25) is 19.1 Å². The fourth-order valence-electron chi connectivity index (χ4n) is 3.07. The summed E-state index contributed by atoms with van der Waals surface area (Å²) in [5.74, 6) is -0.696. The van der Waals surface area contributed by atoms with Gasteiger partial charge in [-0.05, 0) is 47.0 Å². The highest BCUT2D eigenvalue weighted by Gasteiger charge is 2.24. The third-order valence-corrected chi connectivity index (χ3v) is 5.37. The summed E-state index contributed by atoms with van der Waals surface area (Å²) in [6.45, 7) is 4.19. The molecule has 0 bridgehead atoms. The maximum absolute atomic E-state index is 13.3. The van der Waals surface area contributed by atoms with Crippen molar-refractivity contribution < 1.29 is 13.9 Å². The van der Waals surface area contributed by atoms with Crippen LogP contribution < -0.4 is 26.6 Å². The van der Waals surface area contributed by atoms with Crippen LogP contribution in [-0.2, 0) is 11.3 Å². The van der Waals surface area contributed by atoms with E-state index in [-0.39, 0.29) is 30.4 Å². The van der Waals surface area contributed by atoms with E-state index in [1.807, 2.05) is 13.8 Å². The standard InChI is InChI=1S/C21H28BrFN4O4/c1-3-5-7-11-26(17(28)13-31-16-9-8-14(23)12-15(16)22)18-19(24)27(10-6-4-2)21(30)25-20(18)29/h8-9,12H,3-7,10-11,13,24H2,1-2H3,(H,25,29,30). The molecule has 170 valence electrons. The van der Waals surface area contributed by atoms with Crippen molar-refractivity contribution in [3.63, 3.8) is 0 Å². The molecule has 0 fully saturated rings. The molecule has 1 aromatic heterocycles. The second-order valence-electron chi connectivity index (χ2n) is 7.11. The molecular weight excluding hydrogens is 471 g/mol. The van der Waals surface area contributed by atoms with Crippen molar-refractivity contribution >= 4 is 33.3 Å². The molecule has 0 aliphatic rings. The third-order valence-electron chi connectivity index (χ3n) is 4.75. The van der Waals surface area contributed by atoms with Crippen LogP contribution in [0.2, 0.25) is 0 Å². The number of hydrogen-bond acceptors (Lipinski definition) is 5. The van der Waals surface area contributed by atoms with Crippen LogP contribution >= 0.6 is 15.9 Å². The predicted molar refractivity (Wildman–Crippen MR) is 122 cm³/mol. The lowest BCUT2D eigenvalue weighted by atomic mass is 10.2. The van der Waals surface area contributed by atoms with E-state index in [1.165, 1.54) is 27.7 Å². The van der Waals surface area contributed by atoms with Crippen molar-refractivity contribution in [3.05, 3.63) is 49.3 Å². The largest absolute Gasteiger partial charge is 0.483 e. The summed E-state index contributed by atoms with van der Waals surface area (Å²) in [6.07, 6.45) is 3.95. The van der Waals surface area contributed by atoms with Crippen molar-refractivity contribution in [1.82, 2.24) is 9.55 Å². The second kappa shape index (κ2) is 11.7. The van der Waals surface area contributed by atoms with Crippen LogP contribution in [0, 0.1) is 5.82 Å². The van der Waals surface area contributed by atoms with Gasteiger partial charge in [0.25, 0.3) is 11.5 Å². The maximum atomic E-state index is 13.3. The SMILES string of the molecule is CCCCCN(C(=O)COc1ccc(F)cc1Br)c1c(N)n(CCCC)c(=O)[nH]c1=O. The summed E-state index contributed by atoms with van der Waals surface area (Å²) in [7, 11) is 0. The number of benzene rings is 1. The zero-order valence-electron chi connectivity index (χ0n) is 17.7. The van der Waals surface area contributed by atoms with E-state index in [9.17, 15) is 18.8 Å². The molecule has 1 amide bonds. The van der Waals surface area contributed by atoms with E-state index in [0.717, 1.165) is 19.3 Å². The fourth-order valence-corrected chi connectivity index (χ4v) is 3.53. The predicted octanol–water partition coefficient (Wildman–Crippen LogP) is 3.42. The highest BCUT2D eigenvalue weighted by molar-refractivity contribution is 9.10. The van der Waals surface area contributed by atoms with Gasteiger partial charge < -0.3 is 15.4 Å². The maximum Gasteiger partial charge on any atom is 0.330 e. The quantitative estimate of drug-likeness (QED) is 0.461. The Labute approximate surface area is 188 Å². The molecule has 0 spiro atoms. The number of nitrogens with zero attached hydrogens (tertiary/aromatic N) is 2. The Morgan fingerprint density at radius 2 is 1.94 bits per heavy atom. The summed E-state index contributed by atoms with van der Waals surface area (Å²) in [5, 5.41) is 0. The number of aromatic amines is 1. The van der Waals surface area contributed by atoms with E-state index < -0.39 is 23.0 Å². The molecule has 0 aliphatic heterocycles. The van der Waals surface area contributed by atoms with Gasteiger partial charge in [-0.15, -0.1) is 0 Å². The van der Waals surface area contributed by atoms with Gasteiger partial charge in [-0.2, -0.15) is 0 Å². The molecule has 2 aromatic rings. The van der Waals surface area contributed by atoms with Crippen LogP contribution in [0.25, 0.3) is 0 Å². The lowest BCUT2D eigenvalue weighted by Crippen LogP contribution is -2.43. The van der Waals surface area contributed by atoms with Crippen molar-refractivity contribution in [3.8, 4) is 5.75 Å². The van der Waals surface area contributed by atoms with E-state index in [4.69, 9.17) is 10.5 Å². The van der Waals surface area contributed by atoms with Gasteiger partial charge in [-0.1, -0.05) is 33.1 Å². The van der Waals surface area contributed by atoms with Gasteiger partial charge in [0.1, 0.15) is 17.4 Å². The molecule has 8 nitrogen and oxygen atoms in total. The number of aromatic nitrogens is 2. The molecule has 0 aliphatic carbocycles. The number of unbranched alkanes of at least 4 members (excludes halogenated alkanes) is 3. The first kappa shape index (κ1) is 24.6. The number of H-pyrrole nitrogens is 1. The lowest BCUT2D eigenvalue weighted by molar-refractivity contribution is -0.120.